The van der Waals surface area contributed by atoms with Gasteiger partial charge in [-0.3, -0.25) is 4.79 Å². The average Bonchev–Trinajstić information content (AvgIpc) is 2.79. The Morgan fingerprint density at radius 2 is 2.18 bits per heavy atom. The lowest BCUT2D eigenvalue weighted by Crippen LogP contribution is -2.19. The molecular weight excluding hydrogens is 301 g/mol. The molecule has 1 aromatic heterocycles. The van der Waals surface area contributed by atoms with E-state index in [4.69, 9.17) is 5.73 Å². The van der Waals surface area contributed by atoms with E-state index in [1.54, 1.807) is 12.1 Å². The van der Waals surface area contributed by atoms with Crippen molar-refractivity contribution in [2.45, 2.75) is 39.2 Å². The summed E-state index contributed by atoms with van der Waals surface area (Å²) in [6.45, 7) is 3.73. The number of amides is 1. The van der Waals surface area contributed by atoms with Gasteiger partial charge < -0.3 is 11.1 Å². The number of anilines is 1. The number of rotatable bonds is 6. The molecule has 1 unspecified atom stereocenters. The summed E-state index contributed by atoms with van der Waals surface area (Å²) in [5.41, 5.74) is 7.08. The Kier molecular flexibility index (Phi) is 5.63. The van der Waals surface area contributed by atoms with Gasteiger partial charge in [-0.1, -0.05) is 18.2 Å². The first-order valence-electron chi connectivity index (χ1n) is 7.21. The summed E-state index contributed by atoms with van der Waals surface area (Å²) < 4.78 is 13.7. The zero-order valence-electron chi connectivity index (χ0n) is 12.7. The second-order valence-corrected chi connectivity index (χ2v) is 6.44. The summed E-state index contributed by atoms with van der Waals surface area (Å²) in [6.07, 6.45) is 1.49. The van der Waals surface area contributed by atoms with Gasteiger partial charge in [0.05, 0.1) is 5.69 Å². The van der Waals surface area contributed by atoms with Crippen molar-refractivity contribution in [2.75, 3.05) is 5.32 Å². The Balaban J connectivity index is 2.02. The lowest BCUT2D eigenvalue weighted by atomic mass is 10.1. The van der Waals surface area contributed by atoms with Crippen LogP contribution in [0, 0.1) is 12.7 Å². The number of aryl methyl sites for hydroxylation is 1. The molecule has 2 aromatic rings. The number of carbonyl (C=O) groups is 1. The predicted molar refractivity (Wildman–Crippen MR) is 87.6 cm³/mol. The van der Waals surface area contributed by atoms with E-state index in [0.29, 0.717) is 30.0 Å². The third-order valence-corrected chi connectivity index (χ3v) is 4.35. The maximum absolute atomic E-state index is 13.7. The van der Waals surface area contributed by atoms with E-state index in [2.05, 4.69) is 10.3 Å². The van der Waals surface area contributed by atoms with Gasteiger partial charge in [0.1, 0.15) is 5.82 Å². The highest BCUT2D eigenvalue weighted by atomic mass is 32.1. The maximum Gasteiger partial charge on any atom is 0.226 e. The second-order valence-electron chi connectivity index (χ2n) is 5.36. The number of benzene rings is 1. The van der Waals surface area contributed by atoms with Gasteiger partial charge >= 0.3 is 0 Å². The van der Waals surface area contributed by atoms with Crippen LogP contribution in [0.5, 0.6) is 0 Å². The Morgan fingerprint density at radius 3 is 2.86 bits per heavy atom. The molecule has 0 saturated heterocycles. The average molecular weight is 321 g/mol. The fourth-order valence-corrected chi connectivity index (χ4v) is 3.00. The number of hydrogen-bond acceptors (Lipinski definition) is 4. The molecule has 0 aliphatic rings. The van der Waals surface area contributed by atoms with Crippen LogP contribution in [0.3, 0.4) is 0 Å². The van der Waals surface area contributed by atoms with Gasteiger partial charge in [0, 0.05) is 23.8 Å². The van der Waals surface area contributed by atoms with E-state index in [9.17, 15) is 9.18 Å². The van der Waals surface area contributed by atoms with Gasteiger partial charge in [0.25, 0.3) is 0 Å². The van der Waals surface area contributed by atoms with Gasteiger partial charge in [-0.25, -0.2) is 9.37 Å². The van der Waals surface area contributed by atoms with Crippen LogP contribution in [0.25, 0.3) is 0 Å². The molecule has 1 aromatic carbocycles. The molecule has 4 nitrogen and oxygen atoms in total. The van der Waals surface area contributed by atoms with Crippen LogP contribution in [0.4, 0.5) is 9.52 Å². The number of thiazole rings is 1. The molecule has 1 atom stereocenters. The van der Waals surface area contributed by atoms with Crippen molar-refractivity contribution in [3.05, 3.63) is 46.2 Å². The Labute approximate surface area is 133 Å². The van der Waals surface area contributed by atoms with Crippen LogP contribution >= 0.6 is 11.3 Å². The van der Waals surface area contributed by atoms with Crippen molar-refractivity contribution in [3.63, 3.8) is 0 Å². The van der Waals surface area contributed by atoms with Gasteiger partial charge in [0.2, 0.25) is 5.91 Å². The van der Waals surface area contributed by atoms with Crippen LogP contribution in [-0.2, 0) is 11.2 Å². The fourth-order valence-electron chi connectivity index (χ4n) is 2.00. The molecule has 2 rings (SSSR count). The molecule has 6 heteroatoms. The lowest BCUT2D eigenvalue weighted by molar-refractivity contribution is -0.116. The first kappa shape index (κ1) is 16.6. The minimum atomic E-state index is -0.224. The molecule has 22 heavy (non-hydrogen) atoms. The van der Waals surface area contributed by atoms with E-state index >= 15 is 0 Å². The van der Waals surface area contributed by atoms with Crippen molar-refractivity contribution in [1.82, 2.24) is 4.98 Å². The molecule has 0 radical (unpaired) electrons. The molecular formula is C16H20FN3OS. The first-order chi connectivity index (χ1) is 10.5. The molecule has 0 saturated carbocycles. The smallest absolute Gasteiger partial charge is 0.226 e. The number of halogens is 1. The zero-order chi connectivity index (χ0) is 16.1. The standard InChI is InChI=1S/C16H20FN3OS/c1-10(18)7-8-15(21)20-16-19-11(2)14(22-16)9-12-5-3-4-6-13(12)17/h3-6,10H,7-9,18H2,1-2H3,(H,19,20,21). The number of carbonyl (C=O) groups excluding carboxylic acids is 1. The number of nitrogens with one attached hydrogen (secondary N) is 1. The largest absolute Gasteiger partial charge is 0.328 e. The molecule has 0 aliphatic carbocycles. The van der Waals surface area contributed by atoms with E-state index in [0.717, 1.165) is 10.6 Å². The van der Waals surface area contributed by atoms with Crippen LogP contribution in [0.1, 0.15) is 35.9 Å². The van der Waals surface area contributed by atoms with Crippen LogP contribution in [0.15, 0.2) is 24.3 Å². The SMILES string of the molecule is Cc1nc(NC(=O)CCC(C)N)sc1Cc1ccccc1F. The van der Waals surface area contributed by atoms with Gasteiger partial charge in [-0.05, 0) is 31.9 Å². The minimum Gasteiger partial charge on any atom is -0.328 e. The van der Waals surface area contributed by atoms with Crippen molar-refractivity contribution < 1.29 is 9.18 Å². The molecule has 0 bridgehead atoms. The van der Waals surface area contributed by atoms with E-state index in [1.807, 2.05) is 19.9 Å². The number of hydrogen-bond donors (Lipinski definition) is 2. The molecule has 0 aliphatic heterocycles. The zero-order valence-corrected chi connectivity index (χ0v) is 13.5. The highest BCUT2D eigenvalue weighted by Gasteiger charge is 2.12. The predicted octanol–water partition coefficient (Wildman–Crippen LogP) is 3.25. The topological polar surface area (TPSA) is 68.0 Å². The van der Waals surface area contributed by atoms with Crippen molar-refractivity contribution >= 4 is 22.4 Å². The Hall–Kier alpha value is -1.79. The van der Waals surface area contributed by atoms with Crippen LogP contribution < -0.4 is 11.1 Å². The van der Waals surface area contributed by atoms with E-state index < -0.39 is 0 Å². The van der Waals surface area contributed by atoms with Crippen LogP contribution in [-0.4, -0.2) is 16.9 Å². The number of nitrogens with zero attached hydrogens (tertiary/aromatic N) is 1. The van der Waals surface area contributed by atoms with Crippen molar-refractivity contribution in [3.8, 4) is 0 Å². The van der Waals surface area contributed by atoms with Gasteiger partial charge in [-0.2, -0.15) is 0 Å². The maximum atomic E-state index is 13.7. The molecule has 3 N–H and O–H groups in total. The highest BCUT2D eigenvalue weighted by Crippen LogP contribution is 2.26. The molecule has 1 amide bonds. The summed E-state index contributed by atoms with van der Waals surface area (Å²) in [5, 5.41) is 3.33. The molecule has 1 heterocycles. The third kappa shape index (κ3) is 4.61. The minimum absolute atomic E-state index is 0.000368. The van der Waals surface area contributed by atoms with Crippen molar-refractivity contribution in [1.29, 1.82) is 0 Å². The molecule has 0 fully saturated rings. The summed E-state index contributed by atoms with van der Waals surface area (Å²) in [7, 11) is 0. The fraction of sp³-hybridized carbons (Fsp3) is 0.375. The summed E-state index contributed by atoms with van der Waals surface area (Å²) in [4.78, 5) is 17.1. The molecule has 0 spiro atoms. The number of nitrogens with two attached hydrogens (primary N) is 1. The van der Waals surface area contributed by atoms with Gasteiger partial charge in [-0.15, -0.1) is 11.3 Å². The Morgan fingerprint density at radius 1 is 1.45 bits per heavy atom. The van der Waals surface area contributed by atoms with Crippen molar-refractivity contribution in [2.24, 2.45) is 5.73 Å². The summed E-state index contributed by atoms with van der Waals surface area (Å²) in [5.74, 6) is -0.318. The van der Waals surface area contributed by atoms with E-state index in [1.165, 1.54) is 17.4 Å². The Bertz CT molecular complexity index is 655. The molecule has 118 valence electrons. The van der Waals surface area contributed by atoms with E-state index in [-0.39, 0.29) is 17.8 Å². The van der Waals surface area contributed by atoms with Crippen LogP contribution in [0.2, 0.25) is 0 Å². The van der Waals surface area contributed by atoms with Gasteiger partial charge in [0.15, 0.2) is 5.13 Å². The third-order valence-electron chi connectivity index (χ3n) is 3.27. The monoisotopic (exact) mass is 321 g/mol. The lowest BCUT2D eigenvalue weighted by Gasteiger charge is -2.04. The number of aromatic nitrogens is 1. The second kappa shape index (κ2) is 7.47. The first-order valence-corrected chi connectivity index (χ1v) is 8.02. The quantitative estimate of drug-likeness (QED) is 0.858. The normalized spacial score (nSPS) is 12.2. The summed E-state index contributed by atoms with van der Waals surface area (Å²) >= 11 is 1.38. The highest BCUT2D eigenvalue weighted by molar-refractivity contribution is 7.15. The summed E-state index contributed by atoms with van der Waals surface area (Å²) in [6, 6.07) is 6.69.